The van der Waals surface area contributed by atoms with Gasteiger partial charge in [-0.25, -0.2) is 9.79 Å². The van der Waals surface area contributed by atoms with E-state index in [0.717, 1.165) is 23.6 Å². The second-order valence-electron chi connectivity index (χ2n) is 9.47. The third-order valence-corrected chi connectivity index (χ3v) is 9.41. The van der Waals surface area contributed by atoms with Crippen molar-refractivity contribution >= 4 is 77.8 Å². The predicted octanol–water partition coefficient (Wildman–Crippen LogP) is 6.52. The summed E-state index contributed by atoms with van der Waals surface area (Å²) in [4.78, 5) is 32.0. The quantitative estimate of drug-likeness (QED) is 0.133. The molecule has 0 fully saturated rings. The highest BCUT2D eigenvalue weighted by molar-refractivity contribution is 14.1. The van der Waals surface area contributed by atoms with Crippen molar-refractivity contribution in [1.82, 2.24) is 4.57 Å². The van der Waals surface area contributed by atoms with Crippen LogP contribution in [0.1, 0.15) is 36.6 Å². The molecule has 0 bridgehead atoms. The zero-order valence-corrected chi connectivity index (χ0v) is 30.1. The number of carbonyl (C=O) groups excluding carboxylic acids is 1. The molecule has 44 heavy (non-hydrogen) atoms. The van der Waals surface area contributed by atoms with Gasteiger partial charge in [0.1, 0.15) is 12.4 Å². The van der Waals surface area contributed by atoms with Gasteiger partial charge in [0.05, 0.1) is 40.0 Å². The molecule has 0 spiro atoms. The lowest BCUT2D eigenvalue weighted by Gasteiger charge is -2.23. The van der Waals surface area contributed by atoms with E-state index in [4.69, 9.17) is 18.9 Å². The zero-order chi connectivity index (χ0) is 31.4. The molecule has 3 aromatic carbocycles. The molecule has 1 atom stereocenters. The molecule has 5 rings (SSSR count). The largest absolute Gasteiger partial charge is 0.490 e. The molecule has 0 N–H and O–H groups in total. The summed E-state index contributed by atoms with van der Waals surface area (Å²) in [6.07, 6.45) is 3.27. The molecule has 0 amide bonds. The van der Waals surface area contributed by atoms with Gasteiger partial charge in [0.2, 0.25) is 0 Å². The number of fused-ring (bicyclic) bond motifs is 1. The second-order valence-corrected chi connectivity index (χ2v) is 13.5. The van der Waals surface area contributed by atoms with Crippen LogP contribution in [-0.4, -0.2) is 30.9 Å². The van der Waals surface area contributed by atoms with E-state index in [1.165, 1.54) is 29.2 Å². The maximum atomic E-state index is 14.1. The third kappa shape index (κ3) is 6.98. The molecule has 1 aromatic heterocycles. The molecule has 0 unspecified atom stereocenters. The first-order valence-electron chi connectivity index (χ1n) is 13.6. The molecule has 228 valence electrons. The van der Waals surface area contributed by atoms with Gasteiger partial charge in [-0.3, -0.25) is 9.36 Å². The van der Waals surface area contributed by atoms with Gasteiger partial charge in [-0.1, -0.05) is 61.4 Å². The van der Waals surface area contributed by atoms with Gasteiger partial charge in [-0.15, -0.1) is 0 Å². The minimum absolute atomic E-state index is 0.230. The Morgan fingerprint density at radius 1 is 1.00 bits per heavy atom. The van der Waals surface area contributed by atoms with E-state index in [0.29, 0.717) is 52.0 Å². The fourth-order valence-corrected chi connectivity index (χ4v) is 7.64. The molecule has 8 nitrogen and oxygen atoms in total. The Kier molecular flexibility index (Phi) is 10.7. The topological polar surface area (TPSA) is 88.4 Å². The van der Waals surface area contributed by atoms with Gasteiger partial charge >= 0.3 is 5.97 Å². The van der Waals surface area contributed by atoms with Crippen LogP contribution >= 0.6 is 65.8 Å². The smallest absolute Gasteiger partial charge is 0.337 e. The molecule has 1 aliphatic rings. The van der Waals surface area contributed by atoms with Gasteiger partial charge in [-0.05, 0) is 90.0 Å². The summed E-state index contributed by atoms with van der Waals surface area (Å²) < 4.78 is 27.6. The van der Waals surface area contributed by atoms with Crippen molar-refractivity contribution in [2.45, 2.75) is 26.5 Å². The molecule has 2 heterocycles. The molecular formula is C32H27Br2IN2O6S. The molecule has 12 heteroatoms. The summed E-state index contributed by atoms with van der Waals surface area (Å²) in [5, 5.41) is 0. The molecule has 4 aromatic rings. The van der Waals surface area contributed by atoms with Crippen LogP contribution in [0.5, 0.6) is 17.2 Å². The maximum absolute atomic E-state index is 14.1. The summed E-state index contributed by atoms with van der Waals surface area (Å²) in [6.45, 7) is 5.01. The van der Waals surface area contributed by atoms with E-state index in [2.05, 4.69) is 59.4 Å². The van der Waals surface area contributed by atoms with Crippen molar-refractivity contribution < 1.29 is 23.7 Å². The number of halogens is 3. The van der Waals surface area contributed by atoms with Crippen LogP contribution in [0.3, 0.4) is 0 Å². The van der Waals surface area contributed by atoms with Crippen molar-refractivity contribution in [2.24, 2.45) is 4.99 Å². The second kappa shape index (κ2) is 14.4. The van der Waals surface area contributed by atoms with Crippen molar-refractivity contribution in [3.63, 3.8) is 0 Å². The van der Waals surface area contributed by atoms with Crippen LogP contribution in [0.2, 0.25) is 0 Å². The predicted molar refractivity (Wildman–Crippen MR) is 185 cm³/mol. The normalized spacial score (nSPS) is 14.4. The first-order chi connectivity index (χ1) is 21.2. The Balaban J connectivity index is 1.62. The van der Waals surface area contributed by atoms with Crippen LogP contribution in [0.4, 0.5) is 0 Å². The Morgan fingerprint density at radius 2 is 1.73 bits per heavy atom. The highest BCUT2D eigenvalue weighted by atomic mass is 127. The van der Waals surface area contributed by atoms with Crippen LogP contribution < -0.4 is 29.1 Å². The van der Waals surface area contributed by atoms with Crippen LogP contribution in [0, 0.1) is 3.57 Å². The summed E-state index contributed by atoms with van der Waals surface area (Å²) in [6, 6.07) is 16.4. The average Bonchev–Trinajstić information content (AvgIpc) is 3.32. The number of thiazole rings is 1. The van der Waals surface area contributed by atoms with E-state index < -0.39 is 12.0 Å². The minimum Gasteiger partial charge on any atom is -0.490 e. The monoisotopic (exact) mass is 852 g/mol. The first-order valence-corrected chi connectivity index (χ1v) is 17.1. The van der Waals surface area contributed by atoms with Gasteiger partial charge in [0.15, 0.2) is 16.3 Å². The number of ether oxygens (including phenoxy) is 4. The van der Waals surface area contributed by atoms with Crippen LogP contribution in [0.25, 0.3) is 6.08 Å². The van der Waals surface area contributed by atoms with E-state index in [1.807, 2.05) is 56.3 Å². The van der Waals surface area contributed by atoms with E-state index in [-0.39, 0.29) is 11.1 Å². The van der Waals surface area contributed by atoms with Crippen LogP contribution in [-0.2, 0) is 16.1 Å². The lowest BCUT2D eigenvalue weighted by Crippen LogP contribution is -2.39. The molecule has 0 saturated carbocycles. The van der Waals surface area contributed by atoms with Crippen molar-refractivity contribution in [2.75, 3.05) is 20.3 Å². The van der Waals surface area contributed by atoms with Crippen molar-refractivity contribution in [3.8, 4) is 17.2 Å². The Labute approximate surface area is 288 Å². The zero-order valence-electron chi connectivity index (χ0n) is 23.9. The first kappa shape index (κ1) is 32.5. The average molecular weight is 854 g/mol. The number of esters is 1. The SMILES string of the molecule is CCOc1ccc([C@H]2C(C(=O)OC)=CN=c3s/c(=C/c4cc(Br)cc(I)c4OCc4ccc(Br)cc4)c(=O)n32)cc1OCC. The lowest BCUT2D eigenvalue weighted by atomic mass is 9.97. The molecular weight excluding hydrogens is 827 g/mol. The number of methoxy groups -OCH3 is 1. The Hall–Kier alpha value is -2.94. The fraction of sp³-hybridized carbons (Fsp3) is 0.219. The molecule has 1 aliphatic heterocycles. The number of nitrogens with zero attached hydrogens (tertiary/aromatic N) is 2. The van der Waals surface area contributed by atoms with E-state index >= 15 is 0 Å². The fourth-order valence-electron chi connectivity index (χ4n) is 4.70. The number of rotatable bonds is 10. The highest BCUT2D eigenvalue weighted by Crippen LogP contribution is 2.35. The summed E-state index contributed by atoms with van der Waals surface area (Å²) >= 11 is 10.5. The van der Waals surface area contributed by atoms with Crippen LogP contribution in [0.15, 0.2) is 85.1 Å². The van der Waals surface area contributed by atoms with Gasteiger partial charge < -0.3 is 18.9 Å². The number of hydrogen-bond donors (Lipinski definition) is 0. The summed E-state index contributed by atoms with van der Waals surface area (Å²) in [7, 11) is 1.31. The summed E-state index contributed by atoms with van der Waals surface area (Å²) in [5.41, 5.74) is 2.33. The van der Waals surface area contributed by atoms with Crippen molar-refractivity contribution in [3.05, 3.63) is 115 Å². The van der Waals surface area contributed by atoms with E-state index in [9.17, 15) is 9.59 Å². The molecule has 0 aliphatic carbocycles. The maximum Gasteiger partial charge on any atom is 0.337 e. The Bertz CT molecular complexity index is 1920. The lowest BCUT2D eigenvalue weighted by molar-refractivity contribution is -0.136. The third-order valence-electron chi connectivity index (χ3n) is 6.63. The molecule has 0 radical (unpaired) electrons. The van der Waals surface area contributed by atoms with Gasteiger partial charge in [0.25, 0.3) is 5.56 Å². The number of benzene rings is 3. The number of carbonyl (C=O) groups is 1. The summed E-state index contributed by atoms with van der Waals surface area (Å²) in [5.74, 6) is 1.17. The van der Waals surface area contributed by atoms with Crippen molar-refractivity contribution in [1.29, 1.82) is 0 Å². The minimum atomic E-state index is -0.786. The standard InChI is InChI=1S/C32H27Br2IN2O6S/c1-4-41-25-11-8-19(13-26(25)42-5-2)28-23(31(39)40-3)16-36-32-37(28)30(38)27(44-32)14-20-12-22(34)15-24(35)29(20)43-17-18-6-9-21(33)10-7-18/h6-16,28H,4-5,17H2,1-3H3/b27-14+/t28-/m0/s1. The van der Waals surface area contributed by atoms with Gasteiger partial charge in [-0.2, -0.15) is 0 Å². The highest BCUT2D eigenvalue weighted by Gasteiger charge is 2.31. The van der Waals surface area contributed by atoms with Gasteiger partial charge in [0, 0.05) is 20.7 Å². The Morgan fingerprint density at radius 3 is 2.43 bits per heavy atom. The number of aromatic nitrogens is 1. The van der Waals surface area contributed by atoms with E-state index in [1.54, 1.807) is 18.2 Å². The number of hydrogen-bond acceptors (Lipinski definition) is 8. The molecule has 0 saturated heterocycles.